The van der Waals surface area contributed by atoms with Crippen LogP contribution in [-0.2, 0) is 62.4 Å². The van der Waals surface area contributed by atoms with E-state index >= 15 is 0 Å². The zero-order valence-corrected chi connectivity index (χ0v) is 48.4. The lowest BCUT2D eigenvalue weighted by Gasteiger charge is -2.29. The van der Waals surface area contributed by atoms with E-state index in [-0.39, 0.29) is 63.1 Å². The van der Waals surface area contributed by atoms with Crippen molar-refractivity contribution < 1.29 is 48.3 Å². The second-order valence-corrected chi connectivity index (χ2v) is 21.4. The highest BCUT2D eigenvalue weighted by Gasteiger charge is 2.36. The van der Waals surface area contributed by atoms with E-state index in [1.54, 1.807) is 38.4 Å². The molecule has 456 valence electrons. The van der Waals surface area contributed by atoms with Crippen LogP contribution in [0.25, 0.3) is 21.8 Å². The largest absolute Gasteiger partial charge is 0.508 e. The van der Waals surface area contributed by atoms with E-state index in [1.807, 2.05) is 48.5 Å². The number of rotatable bonds is 36. The normalized spacial score (nSPS) is 14.2. The minimum absolute atomic E-state index is 0.00799. The number of carbonyl (C=O) groups is 9. The molecule has 0 bridgehead atoms. The smallest absolute Gasteiger partial charge is 0.243 e. The van der Waals surface area contributed by atoms with Gasteiger partial charge in [-0.15, -0.1) is 0 Å². The lowest BCUT2D eigenvalue weighted by molar-refractivity contribution is -0.136. The van der Waals surface area contributed by atoms with E-state index in [1.165, 1.54) is 12.1 Å². The van der Waals surface area contributed by atoms with Gasteiger partial charge in [-0.3, -0.25) is 43.2 Å². The molecule has 0 aliphatic rings. The first-order valence-corrected chi connectivity index (χ1v) is 28.9. The Morgan fingerprint density at radius 2 is 0.952 bits per heavy atom. The van der Waals surface area contributed by atoms with Gasteiger partial charge in [0.15, 0.2) is 0 Å². The number of thiol groups is 1. The van der Waals surface area contributed by atoms with Crippen LogP contribution in [0.3, 0.4) is 0 Å². The third kappa shape index (κ3) is 20.4. The Balaban J connectivity index is 1.40. The number of aromatic hydroxyl groups is 1. The fourth-order valence-corrected chi connectivity index (χ4v) is 9.69. The molecule has 0 aliphatic carbocycles. The first kappa shape index (κ1) is 66.8. The maximum Gasteiger partial charge on any atom is 0.243 e. The second kappa shape index (κ2) is 33.9. The second-order valence-electron chi connectivity index (χ2n) is 21.1. The Labute approximate surface area is 493 Å². The van der Waals surface area contributed by atoms with Gasteiger partial charge >= 0.3 is 0 Å². The van der Waals surface area contributed by atoms with Crippen molar-refractivity contribution in [2.45, 2.75) is 133 Å². The number of phenolic OH excluding ortho intramolecular Hbond substituents is 1. The molecule has 21 N–H and O–H groups in total. The quantitative estimate of drug-likeness (QED) is 0.0174. The number of nitrogens with two attached hydrogens (primary N) is 5. The molecule has 0 radical (unpaired) electrons. The van der Waals surface area contributed by atoms with E-state index in [2.05, 4.69) is 65.1 Å². The monoisotopic (exact) mass is 1180 g/mol. The molecule has 2 heterocycles. The number of para-hydroxylation sites is 2. The van der Waals surface area contributed by atoms with Crippen molar-refractivity contribution in [3.05, 3.63) is 102 Å². The third-order valence-corrected chi connectivity index (χ3v) is 14.6. The highest BCUT2D eigenvalue weighted by Crippen LogP contribution is 2.22. The Hall–Kier alpha value is -8.04. The molecular weight excluding hydrogens is 1100 g/mol. The molecule has 0 unspecified atom stereocenters. The number of hydrogen-bond acceptors (Lipinski definition) is 15. The van der Waals surface area contributed by atoms with Crippen LogP contribution in [-0.4, -0.2) is 149 Å². The molecule has 9 amide bonds. The Bertz CT molecular complexity index is 3010. The van der Waals surface area contributed by atoms with Crippen molar-refractivity contribution in [3.63, 3.8) is 0 Å². The molecule has 2 aromatic heterocycles. The first-order valence-electron chi connectivity index (χ1n) is 28.3. The molecular formula is C58H83N15O10S. The number of aromatic amines is 2. The topological polar surface area (TPSA) is 432 Å². The summed E-state index contributed by atoms with van der Waals surface area (Å²) in [6, 6.07) is 10.6. The van der Waals surface area contributed by atoms with Gasteiger partial charge < -0.3 is 86.3 Å². The lowest BCUT2D eigenvalue weighted by atomic mass is 9.99. The number of unbranched alkanes of at least 4 members (excludes halogenated alkanes) is 2. The number of primary amides is 1. The van der Waals surface area contributed by atoms with Crippen molar-refractivity contribution in [2.75, 3.05) is 31.9 Å². The van der Waals surface area contributed by atoms with Gasteiger partial charge in [-0.25, -0.2) is 0 Å². The zero-order valence-electron chi connectivity index (χ0n) is 47.5. The summed E-state index contributed by atoms with van der Waals surface area (Å²) in [4.78, 5) is 131. The lowest BCUT2D eigenvalue weighted by Crippen LogP contribution is -2.61. The Morgan fingerprint density at radius 3 is 1.46 bits per heavy atom. The van der Waals surface area contributed by atoms with Crippen molar-refractivity contribution in [1.29, 1.82) is 0 Å². The molecule has 0 saturated carbocycles. The van der Waals surface area contributed by atoms with Crippen LogP contribution < -0.4 is 71.2 Å². The van der Waals surface area contributed by atoms with Crippen LogP contribution in [0.4, 0.5) is 0 Å². The van der Waals surface area contributed by atoms with Crippen LogP contribution >= 0.6 is 12.6 Å². The summed E-state index contributed by atoms with van der Waals surface area (Å²) < 4.78 is 0. The number of carbonyl (C=O) groups excluding carboxylic acids is 9. The van der Waals surface area contributed by atoms with Gasteiger partial charge in [0.05, 0.1) is 12.6 Å². The van der Waals surface area contributed by atoms with Gasteiger partial charge in [-0.05, 0) is 111 Å². The highest BCUT2D eigenvalue weighted by molar-refractivity contribution is 7.80. The molecule has 5 aromatic rings. The minimum Gasteiger partial charge on any atom is -0.508 e. The number of H-pyrrole nitrogens is 2. The van der Waals surface area contributed by atoms with E-state index in [0.29, 0.717) is 55.3 Å². The highest BCUT2D eigenvalue weighted by atomic mass is 32.1. The maximum absolute atomic E-state index is 14.8. The van der Waals surface area contributed by atoms with Crippen molar-refractivity contribution >= 4 is 87.6 Å². The van der Waals surface area contributed by atoms with E-state index in [0.717, 1.165) is 21.8 Å². The number of hydrogen-bond donors (Lipinski definition) is 17. The fraction of sp³-hybridized carbons (Fsp3) is 0.466. The van der Waals surface area contributed by atoms with E-state index in [4.69, 9.17) is 28.7 Å². The van der Waals surface area contributed by atoms with Crippen LogP contribution in [0.15, 0.2) is 85.2 Å². The van der Waals surface area contributed by atoms with Crippen LogP contribution in [0.5, 0.6) is 5.75 Å². The summed E-state index contributed by atoms with van der Waals surface area (Å²) in [5, 5.41) is 33.1. The third-order valence-electron chi connectivity index (χ3n) is 14.2. The zero-order chi connectivity index (χ0) is 61.3. The van der Waals surface area contributed by atoms with Gasteiger partial charge in [0.2, 0.25) is 53.2 Å². The van der Waals surface area contributed by atoms with Crippen LogP contribution in [0.2, 0.25) is 0 Å². The van der Waals surface area contributed by atoms with Crippen molar-refractivity contribution in [1.82, 2.24) is 52.5 Å². The fourth-order valence-electron chi connectivity index (χ4n) is 9.42. The molecule has 0 spiro atoms. The van der Waals surface area contributed by atoms with E-state index in [9.17, 15) is 48.3 Å². The minimum atomic E-state index is -1.39. The van der Waals surface area contributed by atoms with Gasteiger partial charge in [0, 0.05) is 59.2 Å². The molecule has 0 saturated heterocycles. The van der Waals surface area contributed by atoms with E-state index < -0.39 is 114 Å². The van der Waals surface area contributed by atoms with Gasteiger partial charge in [0.25, 0.3) is 0 Å². The summed E-state index contributed by atoms with van der Waals surface area (Å²) in [5.41, 5.74) is 32.3. The Morgan fingerprint density at radius 1 is 0.512 bits per heavy atom. The number of phenols is 1. The molecule has 0 aliphatic heterocycles. The Kier molecular flexibility index (Phi) is 27.0. The molecule has 5 rings (SSSR count). The summed E-state index contributed by atoms with van der Waals surface area (Å²) in [6.45, 7) is 3.66. The predicted molar refractivity (Wildman–Crippen MR) is 322 cm³/mol. The summed E-state index contributed by atoms with van der Waals surface area (Å²) >= 11 is 4.13. The van der Waals surface area contributed by atoms with Crippen LogP contribution in [0, 0.1) is 5.92 Å². The predicted octanol–water partition coefficient (Wildman–Crippen LogP) is -0.712. The number of aromatic nitrogens is 2. The van der Waals surface area contributed by atoms with Gasteiger partial charge in [-0.2, -0.15) is 12.6 Å². The number of nitrogens with one attached hydrogen (secondary N) is 10. The SMILES string of the molecule is CC(C)[C@H](NC(=O)[C@H](Cc1c[nH]c2ccccc12)NC(=O)[C@H](CCCN)NC(=O)[C@H](CCCCN)NC(=O)[C@H](Cc1c[nH]c2ccccc12)NC(=O)CNC(=O)[C@@H](N)CCCCN)C(=O)N[C@@H](Cc1ccc(O)cc1)C(=O)N[C@@H](CS)C(N)=O. The number of amides is 9. The average Bonchev–Trinajstić information content (AvgIpc) is 3.90. The standard InChI is InChI=1S/C58H83N15O10S/c1-33(2)50(58(83)71-45(26-34-19-21-37(74)22-20-34)55(80)72-48(32-84)51(63)76)73-57(82)47(28-36-30-65-42-16-6-4-13-39(36)42)70-54(79)44(18-11-25-61)68-53(78)43(17-8-10-24-60)69-56(81)46(27-35-29-64-41-15-5-3-12-38(35)41)67-49(75)31-66-52(77)40(62)14-7-9-23-59/h3-6,12-13,15-16,19-22,29-30,33,40,43-48,50,64-65,74,84H,7-11,14,17-18,23-28,31-32,59-62H2,1-2H3,(H2,63,76)(H,66,77)(H,67,75)(H,68,78)(H,69,81)(H,70,79)(H,71,83)(H,72,80)(H,73,82)/t40-,43-,44-,45-,46-,47-,48-,50-/m0/s1. The molecule has 3 aromatic carbocycles. The van der Waals surface area contributed by atoms with Crippen molar-refractivity contribution in [2.24, 2.45) is 34.6 Å². The number of benzene rings is 3. The molecule has 26 heteroatoms. The summed E-state index contributed by atoms with van der Waals surface area (Å²) in [5.74, 6) is -7.54. The van der Waals surface area contributed by atoms with Gasteiger partial charge in [-0.1, -0.05) is 68.8 Å². The van der Waals surface area contributed by atoms with Gasteiger partial charge in [0.1, 0.15) is 48.0 Å². The summed E-state index contributed by atoms with van der Waals surface area (Å²) in [7, 11) is 0. The first-order chi connectivity index (χ1) is 40.3. The average molecular weight is 1180 g/mol. The van der Waals surface area contributed by atoms with Crippen LogP contribution in [0.1, 0.15) is 81.9 Å². The molecule has 0 fully saturated rings. The summed E-state index contributed by atoms with van der Waals surface area (Å²) in [6.07, 6.45) is 5.93. The molecule has 8 atom stereocenters. The number of fused-ring (bicyclic) bond motifs is 2. The van der Waals surface area contributed by atoms with Crippen molar-refractivity contribution in [3.8, 4) is 5.75 Å². The molecule has 25 nitrogen and oxygen atoms in total. The maximum atomic E-state index is 14.8. The molecule has 84 heavy (non-hydrogen) atoms.